The van der Waals surface area contributed by atoms with Gasteiger partial charge in [-0.05, 0) is 13.3 Å². The molecule has 0 rings (SSSR count). The highest BCUT2D eigenvalue weighted by atomic mass is 16.1. The number of amides is 1. The number of carbonyl (C=O) groups excluding carboxylic acids is 1. The van der Waals surface area contributed by atoms with Gasteiger partial charge < -0.3 is 11.5 Å². The summed E-state index contributed by atoms with van der Waals surface area (Å²) in [5.74, 6) is -0.0112. The molecule has 0 fully saturated rings. The Labute approximate surface area is 107 Å². The van der Waals surface area contributed by atoms with Crippen molar-refractivity contribution in [1.29, 1.82) is 0 Å². The Kier molecular flexibility index (Phi) is 14.4. The molecule has 0 spiro atoms. The van der Waals surface area contributed by atoms with Crippen LogP contribution in [-0.4, -0.2) is 12.5 Å². The molecule has 0 aliphatic carbocycles. The lowest BCUT2D eigenvalue weighted by atomic mass is 10.1. The van der Waals surface area contributed by atoms with Crippen LogP contribution >= 0.6 is 0 Å². The first-order valence-electron chi connectivity index (χ1n) is 6.62. The third kappa shape index (κ3) is 13.1. The van der Waals surface area contributed by atoms with Gasteiger partial charge in [0.15, 0.2) is 0 Å². The Bertz CT molecular complexity index is 202. The molecular formula is C14H30N2O. The zero-order chi connectivity index (χ0) is 12.2. The van der Waals surface area contributed by atoms with Gasteiger partial charge >= 0.3 is 0 Å². The Morgan fingerprint density at radius 2 is 1.47 bits per heavy atom. The van der Waals surface area contributed by atoms with Gasteiger partial charge in [0, 0.05) is 12.1 Å². The van der Waals surface area contributed by atoms with Crippen molar-refractivity contribution in [2.75, 3.05) is 6.54 Å². The molecule has 0 aromatic heterocycles. The molecule has 0 bridgehead atoms. The first kappa shape index (κ1) is 18.5. The van der Waals surface area contributed by atoms with Gasteiger partial charge in [-0.3, -0.25) is 4.79 Å². The molecule has 17 heavy (non-hydrogen) atoms. The minimum absolute atomic E-state index is 0. The summed E-state index contributed by atoms with van der Waals surface area (Å²) in [4.78, 5) is 11.1. The van der Waals surface area contributed by atoms with Crippen LogP contribution in [0.4, 0.5) is 0 Å². The van der Waals surface area contributed by atoms with E-state index in [0.717, 1.165) is 13.0 Å². The van der Waals surface area contributed by atoms with Crippen LogP contribution in [0.25, 0.3) is 0 Å². The molecule has 0 unspecified atom stereocenters. The van der Waals surface area contributed by atoms with Crippen molar-refractivity contribution in [2.45, 2.75) is 65.2 Å². The summed E-state index contributed by atoms with van der Waals surface area (Å²) in [7, 11) is 0. The molecule has 0 radical (unpaired) electrons. The normalized spacial score (nSPS) is 9.53. The van der Waals surface area contributed by atoms with Gasteiger partial charge in [-0.15, -0.1) is 0 Å². The molecule has 0 saturated heterocycles. The molecule has 0 atom stereocenters. The van der Waals surface area contributed by atoms with E-state index in [4.69, 9.17) is 0 Å². The molecule has 3 heteroatoms. The van der Waals surface area contributed by atoms with E-state index in [0.29, 0.717) is 5.57 Å². The standard InChI is InChI=1S/C14H27NO.H3N/c1-4-5-6-7-8-9-10-11-12-15-14(16)13(2)3;/h2,4-12H2,1,3H3,(H,15,16);1H3. The van der Waals surface area contributed by atoms with Crippen molar-refractivity contribution >= 4 is 5.91 Å². The van der Waals surface area contributed by atoms with Gasteiger partial charge in [-0.2, -0.15) is 0 Å². The van der Waals surface area contributed by atoms with Gasteiger partial charge in [-0.25, -0.2) is 0 Å². The van der Waals surface area contributed by atoms with Crippen molar-refractivity contribution in [3.05, 3.63) is 12.2 Å². The Morgan fingerprint density at radius 3 is 1.94 bits per heavy atom. The third-order valence-corrected chi connectivity index (χ3v) is 2.70. The summed E-state index contributed by atoms with van der Waals surface area (Å²) in [5.41, 5.74) is 0.597. The molecular weight excluding hydrogens is 212 g/mol. The number of rotatable bonds is 10. The smallest absolute Gasteiger partial charge is 0.246 e. The zero-order valence-corrected chi connectivity index (χ0v) is 11.7. The van der Waals surface area contributed by atoms with Crippen LogP contribution in [0, 0.1) is 0 Å². The lowest BCUT2D eigenvalue weighted by Crippen LogP contribution is -2.24. The maximum Gasteiger partial charge on any atom is 0.246 e. The predicted octanol–water partition coefficient (Wildman–Crippen LogP) is 3.98. The van der Waals surface area contributed by atoms with Crippen LogP contribution < -0.4 is 11.5 Å². The highest BCUT2D eigenvalue weighted by Crippen LogP contribution is 2.07. The first-order valence-corrected chi connectivity index (χ1v) is 6.62. The summed E-state index contributed by atoms with van der Waals surface area (Å²) in [6.07, 6.45) is 10.4. The second kappa shape index (κ2) is 13.2. The molecule has 1 amide bonds. The van der Waals surface area contributed by atoms with Gasteiger partial charge in [-0.1, -0.05) is 58.4 Å². The van der Waals surface area contributed by atoms with Crippen molar-refractivity contribution in [1.82, 2.24) is 11.5 Å². The van der Waals surface area contributed by atoms with E-state index < -0.39 is 0 Å². The summed E-state index contributed by atoms with van der Waals surface area (Å²) >= 11 is 0. The number of hydrogen-bond donors (Lipinski definition) is 2. The van der Waals surface area contributed by atoms with Crippen molar-refractivity contribution < 1.29 is 4.79 Å². The molecule has 0 aliphatic rings. The van der Waals surface area contributed by atoms with Gasteiger partial charge in [0.05, 0.1) is 0 Å². The topological polar surface area (TPSA) is 64.1 Å². The minimum atomic E-state index is -0.0112. The monoisotopic (exact) mass is 242 g/mol. The van der Waals surface area contributed by atoms with E-state index in [9.17, 15) is 4.79 Å². The molecule has 0 aromatic rings. The fraction of sp³-hybridized carbons (Fsp3) is 0.786. The molecule has 0 aliphatic heterocycles. The van der Waals surface area contributed by atoms with Gasteiger partial charge in [0.1, 0.15) is 0 Å². The number of unbranched alkanes of at least 4 members (excludes halogenated alkanes) is 7. The fourth-order valence-electron chi connectivity index (χ4n) is 1.61. The highest BCUT2D eigenvalue weighted by molar-refractivity contribution is 5.91. The number of nitrogens with one attached hydrogen (secondary N) is 1. The Morgan fingerprint density at radius 1 is 1.00 bits per heavy atom. The zero-order valence-electron chi connectivity index (χ0n) is 11.7. The van der Waals surface area contributed by atoms with Crippen molar-refractivity contribution in [3.63, 3.8) is 0 Å². The van der Waals surface area contributed by atoms with E-state index in [1.807, 2.05) is 0 Å². The summed E-state index contributed by atoms with van der Waals surface area (Å²) in [6, 6.07) is 0. The second-order valence-corrected chi connectivity index (χ2v) is 4.51. The van der Waals surface area contributed by atoms with Crippen LogP contribution in [0.1, 0.15) is 65.2 Å². The average molecular weight is 242 g/mol. The number of hydrogen-bond acceptors (Lipinski definition) is 2. The molecule has 3 nitrogen and oxygen atoms in total. The quantitative estimate of drug-likeness (QED) is 0.449. The van der Waals surface area contributed by atoms with E-state index in [1.54, 1.807) is 6.92 Å². The fourth-order valence-corrected chi connectivity index (χ4v) is 1.61. The lowest BCUT2D eigenvalue weighted by molar-refractivity contribution is -0.117. The van der Waals surface area contributed by atoms with E-state index >= 15 is 0 Å². The molecule has 0 aromatic carbocycles. The van der Waals surface area contributed by atoms with E-state index in [2.05, 4.69) is 18.8 Å². The van der Waals surface area contributed by atoms with E-state index in [-0.39, 0.29) is 12.1 Å². The van der Waals surface area contributed by atoms with E-state index in [1.165, 1.54) is 44.9 Å². The highest BCUT2D eigenvalue weighted by Gasteiger charge is 1.99. The minimum Gasteiger partial charge on any atom is -0.352 e. The van der Waals surface area contributed by atoms with Crippen LogP contribution in [0.3, 0.4) is 0 Å². The Hall–Kier alpha value is -0.830. The summed E-state index contributed by atoms with van der Waals surface area (Å²) in [5, 5.41) is 2.85. The first-order chi connectivity index (χ1) is 7.68. The largest absolute Gasteiger partial charge is 0.352 e. The third-order valence-electron chi connectivity index (χ3n) is 2.70. The average Bonchev–Trinajstić information content (AvgIpc) is 2.26. The second-order valence-electron chi connectivity index (χ2n) is 4.51. The number of carbonyl (C=O) groups is 1. The van der Waals surface area contributed by atoms with Crippen LogP contribution in [-0.2, 0) is 4.79 Å². The van der Waals surface area contributed by atoms with Gasteiger partial charge in [0.25, 0.3) is 0 Å². The maximum atomic E-state index is 11.1. The molecule has 102 valence electrons. The summed E-state index contributed by atoms with van der Waals surface area (Å²) in [6.45, 7) is 8.37. The van der Waals surface area contributed by atoms with Crippen molar-refractivity contribution in [3.8, 4) is 0 Å². The SMILES string of the molecule is C=C(C)C(=O)NCCCCCCCCCC.N. The van der Waals surface area contributed by atoms with Crippen molar-refractivity contribution in [2.24, 2.45) is 0 Å². The predicted molar refractivity (Wildman–Crippen MR) is 75.5 cm³/mol. The summed E-state index contributed by atoms with van der Waals surface area (Å²) < 4.78 is 0. The Balaban J connectivity index is 0. The maximum absolute atomic E-state index is 11.1. The lowest BCUT2D eigenvalue weighted by Gasteiger charge is -2.04. The van der Waals surface area contributed by atoms with Crippen LogP contribution in [0.5, 0.6) is 0 Å². The van der Waals surface area contributed by atoms with Gasteiger partial charge in [0.2, 0.25) is 5.91 Å². The van der Waals surface area contributed by atoms with Crippen LogP contribution in [0.15, 0.2) is 12.2 Å². The molecule has 4 N–H and O–H groups in total. The van der Waals surface area contributed by atoms with Crippen LogP contribution in [0.2, 0.25) is 0 Å². The molecule has 0 heterocycles. The molecule has 0 saturated carbocycles.